The number of carboxylic acids is 2. The highest BCUT2D eigenvalue weighted by molar-refractivity contribution is 8.00. The molecule has 4 heterocycles. The highest BCUT2D eigenvalue weighted by Crippen LogP contribution is 2.42. The number of carbonyl (C=O) groups is 4. The molecule has 5 N–H and O–H groups in total. The van der Waals surface area contributed by atoms with Gasteiger partial charge in [0.25, 0.3) is 11.8 Å². The lowest BCUT2D eigenvalue weighted by atomic mass is 9.99. The Hall–Kier alpha value is -3.17. The molecule has 1 aromatic heterocycles. The Morgan fingerprint density at radius 1 is 1.39 bits per heavy atom. The van der Waals surface area contributed by atoms with Crippen LogP contribution in [-0.2, 0) is 28.8 Å². The van der Waals surface area contributed by atoms with Crippen LogP contribution in [0.15, 0.2) is 21.8 Å². The van der Waals surface area contributed by atoms with E-state index in [9.17, 15) is 24.3 Å². The highest BCUT2D eigenvalue weighted by Gasteiger charge is 2.55. The quantitative estimate of drug-likeness (QED) is 0.204. The van der Waals surface area contributed by atoms with Gasteiger partial charge in [-0.25, -0.2) is 14.6 Å². The molecule has 3 aliphatic rings. The lowest BCUT2D eigenvalue weighted by molar-refractivity contribution is -0.150. The molecule has 2 saturated heterocycles. The molecular formula is C18H19N5O8S2. The van der Waals surface area contributed by atoms with Gasteiger partial charge in [-0.3, -0.25) is 14.5 Å². The lowest BCUT2D eigenvalue weighted by Gasteiger charge is -2.49. The molecule has 2 amide bonds. The van der Waals surface area contributed by atoms with Crippen molar-refractivity contribution in [2.75, 3.05) is 24.7 Å². The smallest absolute Gasteiger partial charge is 0.352 e. The number of ether oxygens (including phenoxy) is 1. The van der Waals surface area contributed by atoms with Crippen molar-refractivity contribution in [3.63, 3.8) is 0 Å². The second-order valence-corrected chi connectivity index (χ2v) is 9.21. The molecule has 1 unspecified atom stereocenters. The largest absolute Gasteiger partial charge is 0.479 e. The van der Waals surface area contributed by atoms with E-state index in [0.29, 0.717) is 24.4 Å². The number of fused-ring (bicyclic) bond motifs is 1. The van der Waals surface area contributed by atoms with E-state index < -0.39 is 41.8 Å². The number of anilines is 1. The molecule has 0 saturated carbocycles. The minimum absolute atomic E-state index is 0.0482. The minimum atomic E-state index is -1.30. The zero-order chi connectivity index (χ0) is 23.7. The van der Waals surface area contributed by atoms with Crippen LogP contribution in [0.4, 0.5) is 5.13 Å². The predicted molar refractivity (Wildman–Crippen MR) is 115 cm³/mol. The number of oxime groups is 1. The van der Waals surface area contributed by atoms with Crippen LogP contribution >= 0.6 is 23.1 Å². The number of rotatable bonds is 8. The van der Waals surface area contributed by atoms with Gasteiger partial charge < -0.3 is 30.8 Å². The maximum Gasteiger partial charge on any atom is 0.352 e. The first-order valence-corrected chi connectivity index (χ1v) is 11.7. The fourth-order valence-corrected chi connectivity index (χ4v) is 5.66. The van der Waals surface area contributed by atoms with Gasteiger partial charge in [0.05, 0.1) is 6.10 Å². The summed E-state index contributed by atoms with van der Waals surface area (Å²) in [5.74, 6) is -3.61. The van der Waals surface area contributed by atoms with Crippen molar-refractivity contribution in [1.29, 1.82) is 0 Å². The standard InChI is InChI=1S/C18H19N5O8S2/c19-18-20-8(6-33-18)11(22-31-4-10(24)25)14(26)21-12-15(27)23-13(17(28)29)7(5-32-16(12)23)9-2-1-3-30-9/h6,9,12,16H,1-5H2,(H2,19,20)(H,21,26)(H,24,25)(H,28,29)/t9?,12-,16-/m1/s1. The maximum atomic E-state index is 12.9. The summed E-state index contributed by atoms with van der Waals surface area (Å²) in [5.41, 5.74) is 5.75. The van der Waals surface area contributed by atoms with Crippen molar-refractivity contribution in [3.8, 4) is 0 Å². The van der Waals surface area contributed by atoms with E-state index in [1.165, 1.54) is 17.1 Å². The SMILES string of the molecule is Nc1nc(C(=NOCC(=O)O)C(=O)N[C@@H]2C(=O)N3C(C(=O)O)=C(C4CCCO4)CS[C@H]23)cs1. The number of thiazole rings is 1. The minimum Gasteiger partial charge on any atom is -0.479 e. The third-order valence-corrected chi connectivity index (χ3v) is 7.10. The van der Waals surface area contributed by atoms with Crippen LogP contribution < -0.4 is 11.1 Å². The number of nitrogens with one attached hydrogen (secondary N) is 1. The predicted octanol–water partition coefficient (Wildman–Crippen LogP) is -0.552. The molecule has 4 rings (SSSR count). The number of carbonyl (C=O) groups excluding carboxylic acids is 2. The molecule has 0 aliphatic carbocycles. The van der Waals surface area contributed by atoms with Gasteiger partial charge in [-0.05, 0) is 18.4 Å². The summed E-state index contributed by atoms with van der Waals surface area (Å²) >= 11 is 2.36. The van der Waals surface area contributed by atoms with Gasteiger partial charge in [-0.1, -0.05) is 5.16 Å². The fraction of sp³-hybridized carbons (Fsp3) is 0.444. The van der Waals surface area contributed by atoms with Gasteiger partial charge >= 0.3 is 11.9 Å². The molecule has 33 heavy (non-hydrogen) atoms. The molecule has 13 nitrogen and oxygen atoms in total. The number of nitrogens with zero attached hydrogens (tertiary/aromatic N) is 3. The molecule has 1 aromatic rings. The van der Waals surface area contributed by atoms with Gasteiger partial charge in [0, 0.05) is 17.7 Å². The zero-order valence-corrected chi connectivity index (χ0v) is 18.6. The molecule has 2 fully saturated rings. The molecule has 3 aliphatic heterocycles. The molecule has 0 spiro atoms. The number of nitrogens with two attached hydrogens (primary N) is 1. The van der Waals surface area contributed by atoms with Crippen LogP contribution in [0.25, 0.3) is 0 Å². The van der Waals surface area contributed by atoms with Gasteiger partial charge in [0.2, 0.25) is 6.61 Å². The Morgan fingerprint density at radius 3 is 2.79 bits per heavy atom. The van der Waals surface area contributed by atoms with E-state index in [4.69, 9.17) is 15.6 Å². The number of hydrogen-bond acceptors (Lipinski definition) is 11. The van der Waals surface area contributed by atoms with Crippen molar-refractivity contribution in [3.05, 3.63) is 22.3 Å². The molecule has 0 aromatic carbocycles. The van der Waals surface area contributed by atoms with Crippen LogP contribution in [0, 0.1) is 0 Å². The Morgan fingerprint density at radius 2 is 2.18 bits per heavy atom. The average Bonchev–Trinajstić information content (AvgIpc) is 3.45. The summed E-state index contributed by atoms with van der Waals surface area (Å²) in [7, 11) is 0. The summed E-state index contributed by atoms with van der Waals surface area (Å²) in [6.07, 6.45) is 1.16. The molecule has 176 valence electrons. The van der Waals surface area contributed by atoms with Crippen molar-refractivity contribution in [1.82, 2.24) is 15.2 Å². The van der Waals surface area contributed by atoms with E-state index in [1.54, 1.807) is 0 Å². The number of hydrogen-bond donors (Lipinski definition) is 4. The second kappa shape index (κ2) is 9.36. The van der Waals surface area contributed by atoms with Crippen molar-refractivity contribution >= 4 is 57.7 Å². The Balaban J connectivity index is 1.52. The summed E-state index contributed by atoms with van der Waals surface area (Å²) < 4.78 is 5.61. The third kappa shape index (κ3) is 4.51. The number of aliphatic carboxylic acids is 2. The topological polar surface area (TPSA) is 194 Å². The maximum absolute atomic E-state index is 12.9. The van der Waals surface area contributed by atoms with Crippen LogP contribution in [0.2, 0.25) is 0 Å². The molecular weight excluding hydrogens is 478 g/mol. The van der Waals surface area contributed by atoms with Crippen molar-refractivity contribution in [2.45, 2.75) is 30.4 Å². The Kier molecular flexibility index (Phi) is 6.53. The first kappa shape index (κ1) is 23.0. The summed E-state index contributed by atoms with van der Waals surface area (Å²) in [4.78, 5) is 58.1. The summed E-state index contributed by atoms with van der Waals surface area (Å²) in [6, 6.07) is -1.01. The normalized spacial score (nSPS) is 24.8. The molecule has 0 radical (unpaired) electrons. The van der Waals surface area contributed by atoms with E-state index >= 15 is 0 Å². The van der Waals surface area contributed by atoms with E-state index in [2.05, 4.69) is 20.3 Å². The molecule has 3 atom stereocenters. The first-order chi connectivity index (χ1) is 15.8. The van der Waals surface area contributed by atoms with E-state index in [1.807, 2.05) is 0 Å². The van der Waals surface area contributed by atoms with E-state index in [-0.39, 0.29) is 28.3 Å². The van der Waals surface area contributed by atoms with E-state index in [0.717, 1.165) is 22.7 Å². The van der Waals surface area contributed by atoms with Crippen LogP contribution in [0.5, 0.6) is 0 Å². The highest BCUT2D eigenvalue weighted by atomic mass is 32.2. The number of amides is 2. The Labute approximate surface area is 194 Å². The Bertz CT molecular complexity index is 1060. The van der Waals surface area contributed by atoms with Gasteiger partial charge in [0.1, 0.15) is 22.8 Å². The lowest BCUT2D eigenvalue weighted by Crippen LogP contribution is -2.71. The summed E-state index contributed by atoms with van der Waals surface area (Å²) in [6.45, 7) is -0.251. The van der Waals surface area contributed by atoms with Crippen LogP contribution in [-0.4, -0.2) is 86.0 Å². The number of nitrogen functional groups attached to an aromatic ring is 1. The molecule has 0 bridgehead atoms. The van der Waals surface area contributed by atoms with Gasteiger partial charge in [-0.15, -0.1) is 23.1 Å². The second-order valence-electron chi connectivity index (χ2n) is 7.22. The van der Waals surface area contributed by atoms with Gasteiger partial charge in [0.15, 0.2) is 10.8 Å². The number of thioether (sulfide) groups is 1. The van der Waals surface area contributed by atoms with Crippen LogP contribution in [0.3, 0.4) is 0 Å². The fourth-order valence-electron chi connectivity index (χ4n) is 3.70. The monoisotopic (exact) mass is 497 g/mol. The average molecular weight is 498 g/mol. The number of carboxylic acid groups (broad SMARTS) is 2. The number of aromatic nitrogens is 1. The first-order valence-electron chi connectivity index (χ1n) is 9.74. The van der Waals surface area contributed by atoms with Crippen molar-refractivity contribution in [2.24, 2.45) is 5.16 Å². The number of β-lactam (4-membered cyclic amide) rings is 1. The van der Waals surface area contributed by atoms with Crippen molar-refractivity contribution < 1.29 is 39.0 Å². The zero-order valence-electron chi connectivity index (χ0n) is 16.9. The molecule has 15 heteroatoms. The third-order valence-electron chi connectivity index (χ3n) is 5.13. The van der Waals surface area contributed by atoms with Crippen LogP contribution in [0.1, 0.15) is 18.5 Å². The summed E-state index contributed by atoms with van der Waals surface area (Å²) in [5, 5.41) is 25.5. The van der Waals surface area contributed by atoms with Gasteiger partial charge in [-0.2, -0.15) is 0 Å².